The second-order valence-electron chi connectivity index (χ2n) is 7.41. The molecule has 1 amide bonds. The number of nitrogens with one attached hydrogen (secondary N) is 1. The topological polar surface area (TPSA) is 106 Å². The molecule has 0 bridgehead atoms. The lowest BCUT2D eigenvalue weighted by Gasteiger charge is -2.20. The molecule has 1 N–H and O–H groups in total. The lowest BCUT2D eigenvalue weighted by atomic mass is 10.1. The molecule has 2 aromatic carbocycles. The van der Waals surface area contributed by atoms with Crippen LogP contribution in [0.25, 0.3) is 6.08 Å². The number of rotatable bonds is 9. The van der Waals surface area contributed by atoms with Crippen LogP contribution in [0.1, 0.15) is 12.5 Å². The Kier molecular flexibility index (Phi) is 7.71. The highest BCUT2D eigenvalue weighted by molar-refractivity contribution is 8.27. The Morgan fingerprint density at radius 2 is 1.70 bits per heavy atom. The van der Waals surface area contributed by atoms with Gasteiger partial charge in [-0.1, -0.05) is 18.2 Å². The second kappa shape index (κ2) is 10.9. The predicted octanol–water partition coefficient (Wildman–Crippen LogP) is 4.73. The van der Waals surface area contributed by atoms with E-state index in [0.29, 0.717) is 40.2 Å². The fraction of sp³-hybridized carbons (Fsp3) is 0.250. The van der Waals surface area contributed by atoms with E-state index in [1.807, 2.05) is 12.1 Å². The second-order valence-corrected chi connectivity index (χ2v) is 8.37. The number of carbonyl (C=O) groups is 1. The molecule has 2 heterocycles. The number of ether oxygens (including phenoxy) is 4. The molecule has 13 heteroatoms. The monoisotopic (exact) mass is 534 g/mol. The molecule has 0 atom stereocenters. The summed E-state index contributed by atoms with van der Waals surface area (Å²) in [6.07, 6.45) is -3.37. The van der Waals surface area contributed by atoms with Gasteiger partial charge in [0.2, 0.25) is 10.2 Å². The Morgan fingerprint density at radius 3 is 2.35 bits per heavy atom. The maximum atomic E-state index is 13.0. The summed E-state index contributed by atoms with van der Waals surface area (Å²) in [5.74, 6) is 0.634. The van der Waals surface area contributed by atoms with E-state index in [1.54, 1.807) is 44.4 Å². The Morgan fingerprint density at radius 1 is 1.03 bits per heavy atom. The van der Waals surface area contributed by atoms with E-state index in [0.717, 1.165) is 0 Å². The third-order valence-corrected chi connectivity index (χ3v) is 5.90. The SMILES string of the molecule is CCOc1cc(/C=C2\C(=N)N3N=C(C(F)(F)F)SC3=NC2=O)ccc1OCCOc1ccccc1OC. The molecular weight excluding hydrogens is 513 g/mol. The van der Waals surface area contributed by atoms with Crippen molar-refractivity contribution >= 4 is 39.8 Å². The van der Waals surface area contributed by atoms with Gasteiger partial charge >= 0.3 is 6.18 Å². The van der Waals surface area contributed by atoms with Gasteiger partial charge in [-0.25, -0.2) is 0 Å². The summed E-state index contributed by atoms with van der Waals surface area (Å²) in [5.41, 5.74) is 0.248. The number of amidine groups is 2. The average molecular weight is 535 g/mol. The summed E-state index contributed by atoms with van der Waals surface area (Å²) in [4.78, 5) is 16.1. The van der Waals surface area contributed by atoms with Crippen molar-refractivity contribution in [1.29, 1.82) is 5.41 Å². The van der Waals surface area contributed by atoms with Gasteiger partial charge in [0.05, 0.1) is 19.3 Å². The van der Waals surface area contributed by atoms with Crippen molar-refractivity contribution in [2.45, 2.75) is 13.1 Å². The van der Waals surface area contributed by atoms with E-state index in [2.05, 4.69) is 10.1 Å². The minimum absolute atomic E-state index is 0.197. The maximum absolute atomic E-state index is 13.0. The number of halogens is 3. The van der Waals surface area contributed by atoms with Crippen molar-refractivity contribution in [2.24, 2.45) is 10.1 Å². The first kappa shape index (κ1) is 26.1. The molecule has 9 nitrogen and oxygen atoms in total. The van der Waals surface area contributed by atoms with E-state index < -0.39 is 23.0 Å². The van der Waals surface area contributed by atoms with Crippen molar-refractivity contribution in [3.05, 3.63) is 53.6 Å². The quantitative estimate of drug-likeness (QED) is 0.366. The smallest absolute Gasteiger partial charge is 0.441 e. The summed E-state index contributed by atoms with van der Waals surface area (Å²) < 4.78 is 61.4. The number of aliphatic imine (C=N–C) groups is 1. The van der Waals surface area contributed by atoms with Gasteiger partial charge in [-0.15, -0.1) is 0 Å². The third-order valence-electron chi connectivity index (χ3n) is 4.94. The lowest BCUT2D eigenvalue weighted by Crippen LogP contribution is -2.35. The third kappa shape index (κ3) is 5.88. The number of hydrogen-bond acceptors (Lipinski definition) is 8. The highest BCUT2D eigenvalue weighted by Crippen LogP contribution is 2.36. The summed E-state index contributed by atoms with van der Waals surface area (Å²) in [6.45, 7) is 2.55. The molecule has 194 valence electrons. The Labute approximate surface area is 214 Å². The zero-order valence-electron chi connectivity index (χ0n) is 19.7. The molecule has 0 spiro atoms. The molecule has 0 saturated heterocycles. The Balaban J connectivity index is 1.48. The zero-order valence-corrected chi connectivity index (χ0v) is 20.5. The van der Waals surface area contributed by atoms with Crippen molar-refractivity contribution in [3.8, 4) is 23.0 Å². The number of fused-ring (bicyclic) bond motifs is 1. The van der Waals surface area contributed by atoms with Gasteiger partial charge in [0.1, 0.15) is 13.2 Å². The van der Waals surface area contributed by atoms with Crippen LogP contribution < -0.4 is 18.9 Å². The van der Waals surface area contributed by atoms with Gasteiger partial charge in [0, 0.05) is 0 Å². The molecule has 2 aromatic rings. The Bertz CT molecular complexity index is 1310. The molecule has 2 aliphatic heterocycles. The molecule has 0 aliphatic carbocycles. The van der Waals surface area contributed by atoms with Crippen molar-refractivity contribution < 1.29 is 36.9 Å². The van der Waals surface area contributed by atoms with Gasteiger partial charge in [-0.05, 0) is 54.6 Å². The van der Waals surface area contributed by atoms with Gasteiger partial charge in [0.15, 0.2) is 28.8 Å². The van der Waals surface area contributed by atoms with Gasteiger partial charge < -0.3 is 18.9 Å². The van der Waals surface area contributed by atoms with E-state index in [4.69, 9.17) is 24.4 Å². The minimum atomic E-state index is -4.71. The molecule has 0 saturated carbocycles. The average Bonchev–Trinajstić information content (AvgIpc) is 3.31. The number of carbonyl (C=O) groups excluding carboxylic acids is 1. The normalized spacial score (nSPS) is 16.4. The van der Waals surface area contributed by atoms with Crippen LogP contribution in [-0.4, -0.2) is 60.1 Å². The minimum Gasteiger partial charge on any atom is -0.493 e. The van der Waals surface area contributed by atoms with Gasteiger partial charge in [-0.3, -0.25) is 10.2 Å². The fourth-order valence-electron chi connectivity index (χ4n) is 3.32. The van der Waals surface area contributed by atoms with E-state index in [1.165, 1.54) is 6.08 Å². The van der Waals surface area contributed by atoms with Crippen LogP contribution in [0.3, 0.4) is 0 Å². The van der Waals surface area contributed by atoms with Gasteiger partial charge in [0.25, 0.3) is 5.91 Å². The summed E-state index contributed by atoms with van der Waals surface area (Å²) in [6, 6.07) is 12.1. The number of hydrogen-bond donors (Lipinski definition) is 1. The summed E-state index contributed by atoms with van der Waals surface area (Å²) in [7, 11) is 1.55. The first-order chi connectivity index (χ1) is 17.7. The highest BCUT2D eigenvalue weighted by atomic mass is 32.2. The lowest BCUT2D eigenvalue weighted by molar-refractivity contribution is -0.114. The zero-order chi connectivity index (χ0) is 26.6. The van der Waals surface area contributed by atoms with Crippen LogP contribution >= 0.6 is 11.8 Å². The number of thioether (sulfide) groups is 1. The number of methoxy groups -OCH3 is 1. The predicted molar refractivity (Wildman–Crippen MR) is 133 cm³/mol. The number of alkyl halides is 3. The molecule has 0 aromatic heterocycles. The van der Waals surface area contributed by atoms with Crippen LogP contribution in [0.5, 0.6) is 23.0 Å². The van der Waals surface area contributed by atoms with Crippen LogP contribution in [0.2, 0.25) is 0 Å². The largest absolute Gasteiger partial charge is 0.493 e. The van der Waals surface area contributed by atoms with E-state index in [9.17, 15) is 18.0 Å². The molecule has 2 aliphatic rings. The van der Waals surface area contributed by atoms with Gasteiger partial charge in [-0.2, -0.15) is 28.3 Å². The molecular formula is C24H21F3N4O5S. The molecule has 0 fully saturated rings. The highest BCUT2D eigenvalue weighted by Gasteiger charge is 2.46. The Hall–Kier alpha value is -4.00. The van der Waals surface area contributed by atoms with E-state index >= 15 is 0 Å². The number of amides is 1. The standard InChI is InChI=1S/C24H21F3N4O5S/c1-3-34-19-13-14(8-9-18(19)36-11-10-35-17-7-5-4-6-16(17)33-2)12-15-20(28)31-23(29-21(15)32)37-22(30-31)24(25,26)27/h4-9,12-13,28H,3,10-11H2,1-2H3/b15-12+,28-20?. The van der Waals surface area contributed by atoms with Crippen molar-refractivity contribution in [2.75, 3.05) is 26.9 Å². The first-order valence-corrected chi connectivity index (χ1v) is 11.8. The number of para-hydroxylation sites is 2. The van der Waals surface area contributed by atoms with Crippen molar-refractivity contribution in [3.63, 3.8) is 0 Å². The fourth-order valence-corrected chi connectivity index (χ4v) is 4.07. The van der Waals surface area contributed by atoms with Crippen LogP contribution in [0.15, 0.2) is 58.1 Å². The maximum Gasteiger partial charge on any atom is 0.441 e. The summed E-state index contributed by atoms with van der Waals surface area (Å²) in [5, 5.41) is 10.8. The van der Waals surface area contributed by atoms with Crippen LogP contribution in [-0.2, 0) is 4.79 Å². The van der Waals surface area contributed by atoms with Crippen LogP contribution in [0, 0.1) is 5.41 Å². The molecule has 0 unspecified atom stereocenters. The van der Waals surface area contributed by atoms with Crippen LogP contribution in [0.4, 0.5) is 13.2 Å². The van der Waals surface area contributed by atoms with Crippen molar-refractivity contribution in [1.82, 2.24) is 5.01 Å². The molecule has 37 heavy (non-hydrogen) atoms. The van der Waals surface area contributed by atoms with E-state index in [-0.39, 0.29) is 35.7 Å². The number of benzene rings is 2. The number of hydrazone groups is 1. The summed E-state index contributed by atoms with van der Waals surface area (Å²) >= 11 is 0.197. The molecule has 0 radical (unpaired) electrons. The first-order valence-electron chi connectivity index (χ1n) is 10.9. The molecule has 4 rings (SSSR count). The number of nitrogens with zero attached hydrogens (tertiary/aromatic N) is 3.